The number of aryl methyl sites for hydroxylation is 1. The van der Waals surface area contributed by atoms with Gasteiger partial charge in [0.1, 0.15) is 6.10 Å². The van der Waals surface area contributed by atoms with E-state index in [4.69, 9.17) is 4.74 Å². The van der Waals surface area contributed by atoms with Crippen molar-refractivity contribution < 1.29 is 9.53 Å². The Kier molecular flexibility index (Phi) is 6.43. The summed E-state index contributed by atoms with van der Waals surface area (Å²) in [7, 11) is 0. The number of benzene rings is 1. The lowest BCUT2D eigenvalue weighted by Gasteiger charge is -2.18. The van der Waals surface area contributed by atoms with E-state index >= 15 is 0 Å². The van der Waals surface area contributed by atoms with Gasteiger partial charge >= 0.3 is 6.09 Å². The van der Waals surface area contributed by atoms with Crippen LogP contribution in [-0.2, 0) is 11.2 Å². The van der Waals surface area contributed by atoms with Gasteiger partial charge in [0, 0.05) is 0 Å². The average molecular weight is 307 g/mol. The molecule has 1 amide bonds. The molecule has 1 fully saturated rings. The highest BCUT2D eigenvalue weighted by atomic mass is 32.2. The van der Waals surface area contributed by atoms with Crippen molar-refractivity contribution in [3.63, 3.8) is 0 Å². The molecule has 0 radical (unpaired) electrons. The summed E-state index contributed by atoms with van der Waals surface area (Å²) in [5.41, 5.74) is 1.39. The van der Waals surface area contributed by atoms with Gasteiger partial charge in [0.15, 0.2) is 0 Å². The van der Waals surface area contributed by atoms with Crippen LogP contribution in [0.1, 0.15) is 32.3 Å². The minimum absolute atomic E-state index is 0.0455. The normalized spacial score (nSPS) is 21.4. The molecule has 0 saturated carbocycles. The van der Waals surface area contributed by atoms with Crippen molar-refractivity contribution in [2.45, 2.75) is 45.3 Å². The molecule has 1 saturated heterocycles. The van der Waals surface area contributed by atoms with Crippen LogP contribution in [0.25, 0.3) is 0 Å². The van der Waals surface area contributed by atoms with E-state index in [1.807, 2.05) is 17.8 Å². The van der Waals surface area contributed by atoms with Crippen molar-refractivity contribution in [2.75, 3.05) is 11.5 Å². The van der Waals surface area contributed by atoms with Crippen LogP contribution in [0.5, 0.6) is 0 Å². The van der Waals surface area contributed by atoms with E-state index in [1.54, 1.807) is 0 Å². The first-order chi connectivity index (χ1) is 10.1. The van der Waals surface area contributed by atoms with E-state index < -0.39 is 0 Å². The van der Waals surface area contributed by atoms with Crippen LogP contribution < -0.4 is 5.32 Å². The number of alkyl carbamates (subject to hydrolysis) is 1. The van der Waals surface area contributed by atoms with Gasteiger partial charge in [-0.05, 0) is 42.2 Å². The van der Waals surface area contributed by atoms with E-state index in [-0.39, 0.29) is 18.2 Å². The van der Waals surface area contributed by atoms with Gasteiger partial charge in [0.05, 0.1) is 6.04 Å². The maximum Gasteiger partial charge on any atom is 0.407 e. The van der Waals surface area contributed by atoms with E-state index in [2.05, 4.69) is 43.4 Å². The third kappa shape index (κ3) is 5.62. The molecule has 4 heteroatoms. The van der Waals surface area contributed by atoms with Crippen LogP contribution in [0.3, 0.4) is 0 Å². The first-order valence-corrected chi connectivity index (χ1v) is 8.89. The van der Waals surface area contributed by atoms with Gasteiger partial charge in [-0.2, -0.15) is 11.8 Å². The number of ether oxygens (including phenoxy) is 1. The van der Waals surface area contributed by atoms with Gasteiger partial charge in [-0.25, -0.2) is 4.79 Å². The lowest BCUT2D eigenvalue weighted by molar-refractivity contribution is 0.127. The smallest absolute Gasteiger partial charge is 0.407 e. The van der Waals surface area contributed by atoms with Gasteiger partial charge in [-0.1, -0.05) is 44.2 Å². The third-order valence-electron chi connectivity index (χ3n) is 3.66. The highest BCUT2D eigenvalue weighted by Crippen LogP contribution is 2.21. The van der Waals surface area contributed by atoms with Crippen LogP contribution in [0, 0.1) is 5.92 Å². The Bertz CT molecular complexity index is 436. The topological polar surface area (TPSA) is 38.3 Å². The molecule has 1 aromatic carbocycles. The summed E-state index contributed by atoms with van der Waals surface area (Å²) >= 11 is 1.94. The summed E-state index contributed by atoms with van der Waals surface area (Å²) in [6, 6.07) is 10.7. The molecule has 0 unspecified atom stereocenters. The molecule has 1 heterocycles. The molecule has 2 atom stereocenters. The fourth-order valence-electron chi connectivity index (χ4n) is 2.61. The summed E-state index contributed by atoms with van der Waals surface area (Å²) in [4.78, 5) is 11.4. The van der Waals surface area contributed by atoms with Crippen molar-refractivity contribution in [1.29, 1.82) is 0 Å². The van der Waals surface area contributed by atoms with Gasteiger partial charge in [0.2, 0.25) is 0 Å². The van der Waals surface area contributed by atoms with Crippen molar-refractivity contribution in [2.24, 2.45) is 5.92 Å². The highest BCUT2D eigenvalue weighted by molar-refractivity contribution is 7.99. The van der Waals surface area contributed by atoms with Crippen LogP contribution >= 0.6 is 11.8 Å². The first-order valence-electron chi connectivity index (χ1n) is 7.74. The second-order valence-electron chi connectivity index (χ2n) is 5.96. The zero-order chi connectivity index (χ0) is 15.1. The molecule has 21 heavy (non-hydrogen) atoms. The third-order valence-corrected chi connectivity index (χ3v) is 4.68. The molecule has 1 N–H and O–H groups in total. The van der Waals surface area contributed by atoms with Gasteiger partial charge in [-0.15, -0.1) is 0 Å². The molecule has 1 aliphatic heterocycles. The van der Waals surface area contributed by atoms with E-state index in [1.165, 1.54) is 5.56 Å². The second-order valence-corrected chi connectivity index (χ2v) is 7.19. The quantitative estimate of drug-likeness (QED) is 0.741. The van der Waals surface area contributed by atoms with Gasteiger partial charge in [-0.3, -0.25) is 0 Å². The monoisotopic (exact) mass is 307 g/mol. The number of amides is 1. The maximum atomic E-state index is 11.4. The molecule has 0 aliphatic carbocycles. The summed E-state index contributed by atoms with van der Waals surface area (Å²) in [5.74, 6) is 2.74. The molecule has 116 valence electrons. The van der Waals surface area contributed by atoms with Crippen molar-refractivity contribution in [1.82, 2.24) is 5.32 Å². The molecular weight excluding hydrogens is 282 g/mol. The molecule has 2 rings (SSSR count). The fourth-order valence-corrected chi connectivity index (χ4v) is 3.60. The minimum atomic E-state index is -0.250. The zero-order valence-electron chi connectivity index (χ0n) is 12.9. The zero-order valence-corrected chi connectivity index (χ0v) is 13.7. The molecule has 0 spiro atoms. The lowest BCUT2D eigenvalue weighted by atomic mass is 9.99. The summed E-state index contributed by atoms with van der Waals surface area (Å²) < 4.78 is 5.38. The second kappa shape index (κ2) is 8.32. The summed E-state index contributed by atoms with van der Waals surface area (Å²) in [6.07, 6.45) is 2.83. The van der Waals surface area contributed by atoms with Crippen LogP contribution in [0.2, 0.25) is 0 Å². The number of nitrogens with one attached hydrogen (secondary N) is 1. The molecule has 0 bridgehead atoms. The number of cyclic esters (lactones) is 1. The number of thioether (sulfide) groups is 1. The predicted octanol–water partition coefficient (Wildman–Crippen LogP) is 3.88. The Hall–Kier alpha value is -1.16. The molecule has 1 aliphatic rings. The maximum absolute atomic E-state index is 11.4. The molecule has 1 aromatic rings. The Labute approximate surface area is 131 Å². The summed E-state index contributed by atoms with van der Waals surface area (Å²) in [5, 5.41) is 2.93. The predicted molar refractivity (Wildman–Crippen MR) is 88.7 cm³/mol. The van der Waals surface area contributed by atoms with Crippen LogP contribution in [0.15, 0.2) is 30.3 Å². The Morgan fingerprint density at radius 2 is 2.00 bits per heavy atom. The van der Waals surface area contributed by atoms with Crippen LogP contribution in [-0.4, -0.2) is 29.7 Å². The SMILES string of the molecule is CC(C)C[C@@H]1NC(=O)O[C@H]1CCSCCc1ccccc1. The average Bonchev–Trinajstić information content (AvgIpc) is 2.79. The minimum Gasteiger partial charge on any atom is -0.444 e. The lowest BCUT2D eigenvalue weighted by Crippen LogP contribution is -2.33. The molecular formula is C17H25NO2S. The van der Waals surface area contributed by atoms with E-state index in [9.17, 15) is 4.79 Å². The Morgan fingerprint density at radius 3 is 2.71 bits per heavy atom. The van der Waals surface area contributed by atoms with Gasteiger partial charge in [0.25, 0.3) is 0 Å². The van der Waals surface area contributed by atoms with Crippen LogP contribution in [0.4, 0.5) is 4.79 Å². The molecule has 3 nitrogen and oxygen atoms in total. The first kappa shape index (κ1) is 16.2. The van der Waals surface area contributed by atoms with Crippen molar-refractivity contribution in [3.8, 4) is 0 Å². The molecule has 0 aromatic heterocycles. The largest absolute Gasteiger partial charge is 0.444 e. The summed E-state index contributed by atoms with van der Waals surface area (Å²) in [6.45, 7) is 4.35. The van der Waals surface area contributed by atoms with Crippen molar-refractivity contribution >= 4 is 17.9 Å². The number of carbonyl (C=O) groups is 1. The fraction of sp³-hybridized carbons (Fsp3) is 0.588. The van der Waals surface area contributed by atoms with E-state index in [0.29, 0.717) is 5.92 Å². The standard InChI is InChI=1S/C17H25NO2S/c1-13(2)12-15-16(20-17(19)18-15)9-11-21-10-8-14-6-4-3-5-7-14/h3-7,13,15-16H,8-12H2,1-2H3,(H,18,19)/t15-,16-/m0/s1. The number of hydrogen-bond donors (Lipinski definition) is 1. The Morgan fingerprint density at radius 1 is 1.24 bits per heavy atom. The Balaban J connectivity index is 1.64. The van der Waals surface area contributed by atoms with Crippen molar-refractivity contribution in [3.05, 3.63) is 35.9 Å². The van der Waals surface area contributed by atoms with Gasteiger partial charge < -0.3 is 10.1 Å². The van der Waals surface area contributed by atoms with E-state index in [0.717, 1.165) is 30.8 Å². The number of carbonyl (C=O) groups excluding carboxylic acids is 1. The number of hydrogen-bond acceptors (Lipinski definition) is 3. The highest BCUT2D eigenvalue weighted by Gasteiger charge is 2.33. The number of rotatable bonds is 8.